The lowest BCUT2D eigenvalue weighted by Gasteiger charge is -2.02. The zero-order valence-electron chi connectivity index (χ0n) is 13.9. The van der Waals surface area contributed by atoms with Gasteiger partial charge in [0.25, 0.3) is 0 Å². The zero-order chi connectivity index (χ0) is 17.5. The van der Waals surface area contributed by atoms with Crippen LogP contribution in [-0.4, -0.2) is 30.9 Å². The monoisotopic (exact) mass is 343 g/mol. The molecule has 1 aliphatic rings. The summed E-state index contributed by atoms with van der Waals surface area (Å²) in [6.45, 7) is 0.243. The number of imidazole rings is 1. The van der Waals surface area contributed by atoms with Crippen molar-refractivity contribution < 1.29 is 9.47 Å². The van der Waals surface area contributed by atoms with Crippen molar-refractivity contribution in [2.24, 2.45) is 7.05 Å². The van der Waals surface area contributed by atoms with Crippen molar-refractivity contribution in [3.05, 3.63) is 60.3 Å². The normalized spacial score (nSPS) is 12.2. The summed E-state index contributed by atoms with van der Waals surface area (Å²) in [5.41, 5.74) is 3.37. The first-order valence-corrected chi connectivity index (χ1v) is 8.01. The summed E-state index contributed by atoms with van der Waals surface area (Å²) in [7, 11) is 1.91. The molecule has 0 saturated carbocycles. The van der Waals surface area contributed by atoms with E-state index >= 15 is 0 Å². The molecule has 0 atom stereocenters. The molecule has 0 N–H and O–H groups in total. The molecule has 0 fully saturated rings. The van der Waals surface area contributed by atoms with Gasteiger partial charge in [-0.1, -0.05) is 5.92 Å². The van der Waals surface area contributed by atoms with E-state index in [0.717, 1.165) is 34.0 Å². The first kappa shape index (κ1) is 14.5. The van der Waals surface area contributed by atoms with Crippen molar-refractivity contribution in [1.29, 1.82) is 0 Å². The number of fused-ring (bicyclic) bond motifs is 2. The fourth-order valence-corrected chi connectivity index (χ4v) is 2.81. The van der Waals surface area contributed by atoms with E-state index in [0.29, 0.717) is 5.75 Å². The number of rotatable bonds is 1. The van der Waals surface area contributed by atoms with Crippen LogP contribution in [0.25, 0.3) is 17.0 Å². The van der Waals surface area contributed by atoms with Crippen molar-refractivity contribution in [3.63, 3.8) is 0 Å². The summed E-state index contributed by atoms with van der Waals surface area (Å²) in [5.74, 6) is 8.46. The lowest BCUT2D eigenvalue weighted by molar-refractivity contribution is 0.174. The highest BCUT2D eigenvalue weighted by Crippen LogP contribution is 2.35. The van der Waals surface area contributed by atoms with Gasteiger partial charge in [-0.15, -0.1) is 10.2 Å². The summed E-state index contributed by atoms with van der Waals surface area (Å²) < 4.78 is 14.6. The van der Waals surface area contributed by atoms with Gasteiger partial charge >= 0.3 is 0 Å². The number of ether oxygens (including phenoxy) is 2. The second kappa shape index (κ2) is 5.63. The molecule has 0 amide bonds. The highest BCUT2D eigenvalue weighted by Gasteiger charge is 2.16. The largest absolute Gasteiger partial charge is 0.454 e. The Hall–Kier alpha value is -3.79. The van der Waals surface area contributed by atoms with Crippen LogP contribution < -0.4 is 9.47 Å². The molecule has 0 radical (unpaired) electrons. The summed E-state index contributed by atoms with van der Waals surface area (Å²) in [4.78, 5) is 4.07. The minimum absolute atomic E-state index is 0.243. The number of aromatic nitrogens is 5. The fourth-order valence-electron chi connectivity index (χ4n) is 2.81. The summed E-state index contributed by atoms with van der Waals surface area (Å²) in [6, 6.07) is 9.56. The molecule has 4 aromatic rings. The number of pyridine rings is 1. The second-order valence-electron chi connectivity index (χ2n) is 5.88. The number of hydrogen-bond donors (Lipinski definition) is 0. The molecule has 1 aromatic carbocycles. The van der Waals surface area contributed by atoms with Crippen LogP contribution in [0.4, 0.5) is 0 Å². The van der Waals surface area contributed by atoms with Crippen LogP contribution in [0.2, 0.25) is 0 Å². The summed E-state index contributed by atoms with van der Waals surface area (Å²) >= 11 is 0. The fraction of sp³-hybridized carbons (Fsp3) is 0.105. The Labute approximate surface area is 148 Å². The maximum absolute atomic E-state index is 5.45. The van der Waals surface area contributed by atoms with E-state index in [1.807, 2.05) is 52.5 Å². The van der Waals surface area contributed by atoms with Gasteiger partial charge < -0.3 is 14.0 Å². The van der Waals surface area contributed by atoms with Gasteiger partial charge in [0.05, 0.1) is 12.5 Å². The molecular formula is C19H13N5O2. The van der Waals surface area contributed by atoms with Gasteiger partial charge in [0.1, 0.15) is 5.69 Å². The van der Waals surface area contributed by atoms with Gasteiger partial charge in [-0.25, -0.2) is 4.98 Å². The smallest absolute Gasteiger partial charge is 0.231 e. The average molecular weight is 343 g/mol. The summed E-state index contributed by atoms with van der Waals surface area (Å²) in [5, 5.41) is 8.54. The van der Waals surface area contributed by atoms with Crippen molar-refractivity contribution in [1.82, 2.24) is 24.1 Å². The van der Waals surface area contributed by atoms with E-state index in [2.05, 4.69) is 27.0 Å². The third-order valence-corrected chi connectivity index (χ3v) is 4.18. The first-order chi connectivity index (χ1) is 12.8. The Morgan fingerprint density at radius 1 is 1.04 bits per heavy atom. The molecule has 26 heavy (non-hydrogen) atoms. The molecule has 0 aliphatic carbocycles. The van der Waals surface area contributed by atoms with Gasteiger partial charge in [0.2, 0.25) is 6.79 Å². The van der Waals surface area contributed by atoms with E-state index < -0.39 is 0 Å². The Kier molecular flexibility index (Phi) is 3.15. The van der Waals surface area contributed by atoms with Gasteiger partial charge in [0, 0.05) is 24.4 Å². The molecule has 5 rings (SSSR count). The standard InChI is InChI=1S/C19H13N5O2/c1-23-11-20-9-15(23)5-2-13-3-7-18-21-22-19(24(18)10-13)14-4-6-16-17(8-14)26-12-25-16/h3-4,6-11H,12H2,1H3. The van der Waals surface area contributed by atoms with Crippen molar-refractivity contribution >= 4 is 5.65 Å². The highest BCUT2D eigenvalue weighted by molar-refractivity contribution is 5.64. The molecular weight excluding hydrogens is 330 g/mol. The number of benzene rings is 1. The number of hydrogen-bond acceptors (Lipinski definition) is 5. The second-order valence-corrected chi connectivity index (χ2v) is 5.88. The maximum Gasteiger partial charge on any atom is 0.231 e. The minimum atomic E-state index is 0.243. The Balaban J connectivity index is 1.58. The first-order valence-electron chi connectivity index (χ1n) is 8.01. The third-order valence-electron chi connectivity index (χ3n) is 4.18. The highest BCUT2D eigenvalue weighted by atomic mass is 16.7. The predicted molar refractivity (Wildman–Crippen MR) is 93.7 cm³/mol. The summed E-state index contributed by atoms with van der Waals surface area (Å²) in [6.07, 6.45) is 5.39. The van der Waals surface area contributed by atoms with Crippen LogP contribution in [0, 0.1) is 11.8 Å². The third kappa shape index (κ3) is 2.36. The van der Waals surface area contributed by atoms with Crippen LogP contribution in [0.15, 0.2) is 49.1 Å². The molecule has 1 aliphatic heterocycles. The lowest BCUT2D eigenvalue weighted by Crippen LogP contribution is -1.93. The van der Waals surface area contributed by atoms with Crippen LogP contribution in [0.3, 0.4) is 0 Å². The molecule has 0 unspecified atom stereocenters. The van der Waals surface area contributed by atoms with Crippen molar-refractivity contribution in [2.45, 2.75) is 0 Å². The Morgan fingerprint density at radius 3 is 2.85 bits per heavy atom. The van der Waals surface area contributed by atoms with E-state index in [1.165, 1.54) is 0 Å². The van der Waals surface area contributed by atoms with E-state index in [4.69, 9.17) is 9.47 Å². The van der Waals surface area contributed by atoms with Crippen LogP contribution in [0.1, 0.15) is 11.3 Å². The van der Waals surface area contributed by atoms with Crippen LogP contribution in [0.5, 0.6) is 11.5 Å². The van der Waals surface area contributed by atoms with Gasteiger partial charge in [-0.3, -0.25) is 4.40 Å². The Morgan fingerprint density at radius 2 is 1.96 bits per heavy atom. The van der Waals surface area contributed by atoms with Crippen LogP contribution >= 0.6 is 0 Å². The topological polar surface area (TPSA) is 66.5 Å². The zero-order valence-corrected chi connectivity index (χ0v) is 13.9. The average Bonchev–Trinajstić information content (AvgIpc) is 3.38. The molecule has 7 nitrogen and oxygen atoms in total. The van der Waals surface area contributed by atoms with Crippen molar-refractivity contribution in [3.8, 4) is 34.7 Å². The molecule has 126 valence electrons. The molecule has 0 spiro atoms. The molecule has 3 aromatic heterocycles. The van der Waals surface area contributed by atoms with Gasteiger partial charge in [0.15, 0.2) is 23.0 Å². The minimum Gasteiger partial charge on any atom is -0.454 e. The Bertz CT molecular complexity index is 1200. The van der Waals surface area contributed by atoms with Gasteiger partial charge in [-0.2, -0.15) is 0 Å². The SMILES string of the molecule is Cn1cncc1C#Cc1ccc2nnc(-c3ccc4c(c3)OCO4)n2c1. The van der Waals surface area contributed by atoms with Crippen LogP contribution in [-0.2, 0) is 7.05 Å². The predicted octanol–water partition coefficient (Wildman–Crippen LogP) is 2.26. The molecule has 7 heteroatoms. The number of nitrogens with zero attached hydrogens (tertiary/aromatic N) is 5. The van der Waals surface area contributed by atoms with E-state index in [-0.39, 0.29) is 6.79 Å². The lowest BCUT2D eigenvalue weighted by atomic mass is 10.2. The molecule has 4 heterocycles. The van der Waals surface area contributed by atoms with Gasteiger partial charge in [-0.05, 0) is 36.3 Å². The number of aryl methyl sites for hydroxylation is 1. The quantitative estimate of drug-likeness (QED) is 0.496. The van der Waals surface area contributed by atoms with Crippen molar-refractivity contribution in [2.75, 3.05) is 6.79 Å². The van der Waals surface area contributed by atoms with E-state index in [9.17, 15) is 0 Å². The molecule has 0 saturated heterocycles. The maximum atomic E-state index is 5.45. The van der Waals surface area contributed by atoms with E-state index in [1.54, 1.807) is 12.5 Å². The molecule has 0 bridgehead atoms.